The van der Waals surface area contributed by atoms with Gasteiger partial charge < -0.3 is 88.5 Å². The van der Waals surface area contributed by atoms with Gasteiger partial charge in [0.15, 0.2) is 20.5 Å². The van der Waals surface area contributed by atoms with E-state index < -0.39 is 145 Å². The predicted octanol–water partition coefficient (Wildman–Crippen LogP) is -2.90. The van der Waals surface area contributed by atoms with Gasteiger partial charge >= 0.3 is 23.9 Å². The zero-order chi connectivity index (χ0) is 83.4. The van der Waals surface area contributed by atoms with Crippen LogP contribution in [-0.2, 0) is 120 Å². The van der Waals surface area contributed by atoms with E-state index in [0.29, 0.717) is 42.7 Å². The molecule has 0 unspecified atom stereocenters. The quantitative estimate of drug-likeness (QED) is 0.0165. The van der Waals surface area contributed by atoms with Crippen molar-refractivity contribution in [1.82, 2.24) is 69.1 Å². The number of amides is 13. The van der Waals surface area contributed by atoms with Crippen molar-refractivity contribution in [3.63, 3.8) is 0 Å². The summed E-state index contributed by atoms with van der Waals surface area (Å²) in [5.41, 5.74) is 5.22. The summed E-state index contributed by atoms with van der Waals surface area (Å²) in [6.45, 7) is -2.01. The summed E-state index contributed by atoms with van der Waals surface area (Å²) in [6.07, 6.45) is 2.12. The van der Waals surface area contributed by atoms with Crippen molar-refractivity contribution in [2.24, 2.45) is 5.73 Å². The van der Waals surface area contributed by atoms with E-state index in [4.69, 9.17) is 5.73 Å². The van der Waals surface area contributed by atoms with Gasteiger partial charge in [-0.15, -0.1) is 11.8 Å². The second kappa shape index (κ2) is 62.9. The molecule has 0 spiro atoms. The van der Waals surface area contributed by atoms with Gasteiger partial charge in [-0.05, 0) is 103 Å². The molecule has 0 bridgehead atoms. The summed E-state index contributed by atoms with van der Waals surface area (Å²) in [4.78, 5) is 264. The number of primary amides is 1. The Morgan fingerprint density at radius 1 is 0.339 bits per heavy atom. The second-order valence-electron chi connectivity index (χ2n) is 24.8. The maximum Gasteiger partial charge on any atom is 0.316 e. The van der Waals surface area contributed by atoms with Crippen molar-refractivity contribution in [1.29, 1.82) is 0 Å². The van der Waals surface area contributed by atoms with Gasteiger partial charge in [-0.2, -0.15) is 0 Å². The number of thioether (sulfide) groups is 5. The highest BCUT2D eigenvalue weighted by Crippen LogP contribution is 2.16. The number of hydrogen-bond donors (Lipinski definition) is 14. The molecule has 0 aromatic carbocycles. The summed E-state index contributed by atoms with van der Waals surface area (Å²) in [5.74, 6) is -10.5. The van der Waals surface area contributed by atoms with Gasteiger partial charge in [-0.3, -0.25) is 106 Å². The van der Waals surface area contributed by atoms with E-state index in [1.807, 2.05) is 0 Å². The highest BCUT2D eigenvalue weighted by Gasteiger charge is 2.28. The van der Waals surface area contributed by atoms with Crippen molar-refractivity contribution in [2.75, 3.05) is 115 Å². The number of carbonyl (C=O) groups excluding carboxylic acids is 21. The Morgan fingerprint density at radius 3 is 0.946 bits per heavy atom. The number of carbonyl (C=O) groups is 21. The van der Waals surface area contributed by atoms with Crippen LogP contribution in [0.25, 0.3) is 0 Å². The van der Waals surface area contributed by atoms with E-state index in [2.05, 4.69) is 88.1 Å². The highest BCUT2D eigenvalue weighted by molar-refractivity contribution is 8.14. The molecule has 15 N–H and O–H groups in total. The Balaban J connectivity index is 3.24. The molecule has 630 valence electrons. The molecule has 1 rings (SSSR count). The molecule has 1 aliphatic rings. The molecule has 1 fully saturated rings. The van der Waals surface area contributed by atoms with Crippen LogP contribution in [0.3, 0.4) is 0 Å². The van der Waals surface area contributed by atoms with Gasteiger partial charge in [-0.1, -0.05) is 47.0 Å². The Hall–Kier alpha value is -8.62. The average molecular weight is 1680 g/mol. The van der Waals surface area contributed by atoms with Crippen molar-refractivity contribution in [3.05, 3.63) is 0 Å². The lowest BCUT2D eigenvalue weighted by Crippen LogP contribution is -2.52. The summed E-state index contributed by atoms with van der Waals surface area (Å²) in [7, 11) is 4.73. The van der Waals surface area contributed by atoms with Crippen LogP contribution in [-0.4, -0.2) is 267 Å². The van der Waals surface area contributed by atoms with E-state index in [-0.39, 0.29) is 216 Å². The monoisotopic (exact) mass is 1680 g/mol. The van der Waals surface area contributed by atoms with E-state index in [9.17, 15) is 101 Å². The molecule has 112 heavy (non-hydrogen) atoms. The zero-order valence-electron chi connectivity index (χ0n) is 63.6. The minimum absolute atomic E-state index is 0.00184. The van der Waals surface area contributed by atoms with Crippen LogP contribution in [0, 0.1) is 0 Å². The molecular formula is C68H108N14O25S5. The minimum Gasteiger partial charge on any atom is -0.468 e. The predicted molar refractivity (Wildman–Crippen MR) is 414 cm³/mol. The van der Waals surface area contributed by atoms with Gasteiger partial charge in [0.25, 0.3) is 0 Å². The molecule has 13 amide bonds. The standard InChI is InChI=1S/C68H108N14O25S5/c1-104-56(91)38-109-60(95)25-13-21-49(84)70-29-9-5-18-44(79-51(86)23-15-27-62(97)111-40-58(93)106-3)66(101)75-34-53(88)72-31-11-7-17-43(64(99)73-32-12-8-20-46(65(100)74-33-48(69)83)82-55(90)36-77-68(103)47-37-108-42-78-47)81-54(89)35-76-67(102)45(80-52(87)24-16-28-63(98)112-41-59(94)107-4)19-6-10-30-71-50(85)22-14-26-61(96)110-39-57(92)105-2/h43-47,78H,5-42H2,1-4H3,(H2,69,83)(H,70,84)(H,71,85)(H,72,88)(H,73,99)(H,74,100)(H,75,101)(H,76,102)(H,77,103)(H,79,86)(H,80,87)(H,81,89)(H,82,90)/t43-,44-,45-,46-,47-/m0/s1. The number of methoxy groups -OCH3 is 4. The fourth-order valence-corrected chi connectivity index (χ4v) is 13.3. The summed E-state index contributed by atoms with van der Waals surface area (Å²) in [6, 6.07) is -5.42. The van der Waals surface area contributed by atoms with E-state index in [1.165, 1.54) is 40.2 Å². The molecule has 5 atom stereocenters. The molecule has 44 heteroatoms. The maximum absolute atomic E-state index is 14.0. The number of nitrogens with one attached hydrogen (secondary N) is 13. The van der Waals surface area contributed by atoms with Crippen LogP contribution in [0.5, 0.6) is 0 Å². The van der Waals surface area contributed by atoms with E-state index in [1.54, 1.807) is 0 Å². The van der Waals surface area contributed by atoms with Gasteiger partial charge in [-0.25, -0.2) is 0 Å². The number of esters is 4. The van der Waals surface area contributed by atoms with Crippen molar-refractivity contribution in [2.45, 2.75) is 184 Å². The largest absolute Gasteiger partial charge is 0.468 e. The Kier molecular flexibility index (Phi) is 56.9. The minimum atomic E-state index is -1.29. The fourth-order valence-electron chi connectivity index (χ4n) is 9.64. The first kappa shape index (κ1) is 101. The van der Waals surface area contributed by atoms with Crippen LogP contribution in [0.15, 0.2) is 0 Å². The third-order valence-corrected chi connectivity index (χ3v) is 20.3. The summed E-state index contributed by atoms with van der Waals surface area (Å²) >= 11 is 4.50. The first-order valence-electron chi connectivity index (χ1n) is 36.3. The fraction of sp³-hybridized carbons (Fsp3) is 0.691. The number of unbranched alkanes of at least 4 members (excludes halogenated alkanes) is 4. The SMILES string of the molecule is COC(=O)CSC(=O)CCCC(=O)NCCCC[C@H](NC(=O)CCCC(=O)SCC(=O)OC)C(=O)NCC(=O)NCCCC[C@H](NC(=O)CNC(=O)[C@H](CCCCNC(=O)CCCC(=O)SCC(=O)OC)NC(=O)CCCC(=O)SCC(=O)OC)C(=O)NCCCC[C@H](NC(=O)CNC(=O)[C@@H]1CSCN1)C(=O)NCC(N)=O. The smallest absolute Gasteiger partial charge is 0.316 e. The Morgan fingerprint density at radius 2 is 0.625 bits per heavy atom. The van der Waals surface area contributed by atoms with Crippen molar-refractivity contribution >= 4 is 180 Å². The van der Waals surface area contributed by atoms with Crippen molar-refractivity contribution < 1.29 is 120 Å². The molecule has 1 aliphatic heterocycles. The molecule has 0 aromatic rings. The van der Waals surface area contributed by atoms with Crippen LogP contribution in [0.1, 0.15) is 154 Å². The molecule has 0 radical (unpaired) electrons. The molecule has 0 aliphatic carbocycles. The van der Waals surface area contributed by atoms with Gasteiger partial charge in [0.05, 0.1) is 83.7 Å². The molecular weight excluding hydrogens is 1570 g/mol. The first-order chi connectivity index (χ1) is 53.5. The third-order valence-electron chi connectivity index (χ3n) is 15.7. The molecule has 1 heterocycles. The number of nitrogens with two attached hydrogens (primary N) is 1. The third kappa shape index (κ3) is 53.3. The Bertz CT molecular complexity index is 3150. The average Bonchev–Trinajstić information content (AvgIpc) is 1.53. The van der Waals surface area contributed by atoms with Crippen LogP contribution < -0.4 is 74.9 Å². The van der Waals surface area contributed by atoms with E-state index in [0.717, 1.165) is 35.3 Å². The Labute approximate surface area is 670 Å². The van der Waals surface area contributed by atoms with Crippen LogP contribution >= 0.6 is 58.8 Å². The number of ether oxygens (including phenoxy) is 4. The lowest BCUT2D eigenvalue weighted by Gasteiger charge is -2.21. The van der Waals surface area contributed by atoms with Gasteiger partial charge in [0.1, 0.15) is 24.2 Å². The topological polar surface area (TPSA) is 578 Å². The lowest BCUT2D eigenvalue weighted by molar-refractivity contribution is -0.138. The second-order valence-corrected chi connectivity index (χ2v) is 29.9. The van der Waals surface area contributed by atoms with Crippen LogP contribution in [0.2, 0.25) is 0 Å². The lowest BCUT2D eigenvalue weighted by atomic mass is 10.1. The van der Waals surface area contributed by atoms with Crippen molar-refractivity contribution in [3.8, 4) is 0 Å². The number of hydrogen-bond acceptors (Lipinski definition) is 31. The van der Waals surface area contributed by atoms with Crippen LogP contribution in [0.4, 0.5) is 0 Å². The maximum atomic E-state index is 14.0. The van der Waals surface area contributed by atoms with Gasteiger partial charge in [0.2, 0.25) is 76.8 Å². The summed E-state index contributed by atoms with van der Waals surface area (Å²) < 4.78 is 18.1. The summed E-state index contributed by atoms with van der Waals surface area (Å²) in [5, 5.41) is 32.6. The normalized spacial score (nSPS) is 13.1. The van der Waals surface area contributed by atoms with Gasteiger partial charge in [0, 0.05) is 89.2 Å². The highest BCUT2D eigenvalue weighted by atomic mass is 32.2. The van der Waals surface area contributed by atoms with E-state index >= 15 is 0 Å². The zero-order valence-corrected chi connectivity index (χ0v) is 67.7. The molecule has 1 saturated heterocycles. The molecule has 0 saturated carbocycles. The number of rotatable bonds is 61. The molecule has 39 nitrogen and oxygen atoms in total. The molecule has 0 aromatic heterocycles. The first-order valence-corrected chi connectivity index (χ1v) is 41.4.